The largest absolute Gasteiger partial charge is 0.474 e. The summed E-state index contributed by atoms with van der Waals surface area (Å²) in [5, 5.41) is -0.422. The second-order valence-corrected chi connectivity index (χ2v) is 13.9. The molecule has 3 heterocycles. The Labute approximate surface area is 222 Å². The summed E-state index contributed by atoms with van der Waals surface area (Å²) in [5.41, 5.74) is 0.403. The Morgan fingerprint density at radius 2 is 1.74 bits per heavy atom. The maximum absolute atomic E-state index is 14.8. The normalized spacial score (nSPS) is 23.3. The van der Waals surface area contributed by atoms with Crippen LogP contribution in [0.15, 0.2) is 29.4 Å². The summed E-state index contributed by atoms with van der Waals surface area (Å²) in [6, 6.07) is 3.74. The van der Waals surface area contributed by atoms with Crippen LogP contribution in [0.1, 0.15) is 64.9 Å². The molecule has 2 saturated heterocycles. The molecule has 0 spiro atoms. The minimum absolute atomic E-state index is 0.0449. The number of fused-ring (bicyclic) bond motifs is 2. The van der Waals surface area contributed by atoms with Crippen LogP contribution >= 0.6 is 0 Å². The van der Waals surface area contributed by atoms with E-state index in [1.54, 1.807) is 6.92 Å². The molecule has 11 heteroatoms. The minimum atomic E-state index is -3.51. The van der Waals surface area contributed by atoms with Gasteiger partial charge in [0.25, 0.3) is 0 Å². The van der Waals surface area contributed by atoms with Gasteiger partial charge in [0.1, 0.15) is 12.4 Å². The third-order valence-electron chi connectivity index (χ3n) is 7.20. The quantitative estimate of drug-likeness (QED) is 0.465. The van der Waals surface area contributed by atoms with Gasteiger partial charge in [0.05, 0.1) is 22.3 Å². The first-order valence-corrected chi connectivity index (χ1v) is 14.6. The van der Waals surface area contributed by atoms with Crippen LogP contribution in [-0.4, -0.2) is 59.4 Å². The number of aromatic nitrogens is 2. The zero-order valence-electron chi connectivity index (χ0n) is 22.1. The van der Waals surface area contributed by atoms with Gasteiger partial charge in [-0.15, -0.1) is 0 Å². The summed E-state index contributed by atoms with van der Waals surface area (Å²) in [4.78, 5) is 23.0. The van der Waals surface area contributed by atoms with Gasteiger partial charge in [0, 0.05) is 24.9 Å². The van der Waals surface area contributed by atoms with Gasteiger partial charge in [0.15, 0.2) is 21.4 Å². The van der Waals surface area contributed by atoms with E-state index in [0.29, 0.717) is 43.7 Å². The molecule has 1 saturated carbocycles. The number of carbonyl (C=O) groups excluding carboxylic acids is 1. The van der Waals surface area contributed by atoms with Crippen molar-refractivity contribution >= 4 is 15.9 Å². The van der Waals surface area contributed by atoms with Crippen molar-refractivity contribution in [3.63, 3.8) is 0 Å². The van der Waals surface area contributed by atoms with E-state index in [0.717, 1.165) is 18.9 Å². The fourth-order valence-corrected chi connectivity index (χ4v) is 6.76. The molecule has 1 aromatic heterocycles. The number of nitrogens with zero attached hydrogens (tertiary/aromatic N) is 3. The Balaban J connectivity index is 1.24. The molecule has 1 aliphatic carbocycles. The highest BCUT2D eigenvalue weighted by molar-refractivity contribution is 7.92. The maximum Gasteiger partial charge on any atom is 0.410 e. The number of carbonyl (C=O) groups is 1. The van der Waals surface area contributed by atoms with Gasteiger partial charge in [-0.3, -0.25) is 0 Å². The predicted octanol–water partition coefficient (Wildman–Crippen LogP) is 5.21. The maximum atomic E-state index is 14.8. The molecule has 3 aliphatic rings. The van der Waals surface area contributed by atoms with Gasteiger partial charge in [-0.2, -0.15) is 0 Å². The van der Waals surface area contributed by atoms with E-state index in [1.807, 2.05) is 25.7 Å². The van der Waals surface area contributed by atoms with Gasteiger partial charge in [-0.1, -0.05) is 20.8 Å². The lowest BCUT2D eigenvalue weighted by atomic mass is 9.98. The zero-order chi connectivity index (χ0) is 27.2. The first-order chi connectivity index (χ1) is 17.9. The number of benzene rings is 1. The average Bonchev–Trinajstić information content (AvgIpc) is 3.67. The second-order valence-electron chi connectivity index (χ2n) is 11.7. The van der Waals surface area contributed by atoms with Gasteiger partial charge in [0.2, 0.25) is 11.8 Å². The number of rotatable bonds is 7. The standard InChI is InChI=1S/C27H34FN3O6S/c1-16-24(36-19-11-17-5-6-18(12-19)31(17)26(32)35-14-27(2,3)4)29-15-30-25(16)37-23-10-9-21(13-22(23)28)38(33,34)20-7-8-20/h9-10,13,15,17-20H,5-8,11-12,14H2,1-4H3. The molecule has 2 aliphatic heterocycles. The SMILES string of the molecule is Cc1c(Oc2ccc(S(=O)(=O)C3CC3)cc2F)ncnc1OC1CC2CCC(C1)N2C(=O)OCC(C)(C)C. The minimum Gasteiger partial charge on any atom is -0.474 e. The van der Waals surface area contributed by atoms with Crippen LogP contribution < -0.4 is 9.47 Å². The van der Waals surface area contributed by atoms with Gasteiger partial charge < -0.3 is 19.1 Å². The van der Waals surface area contributed by atoms with Gasteiger partial charge in [-0.05, 0) is 56.2 Å². The lowest BCUT2D eigenvalue weighted by Gasteiger charge is -2.38. The number of halogens is 1. The van der Waals surface area contributed by atoms with Crippen LogP contribution in [0.25, 0.3) is 0 Å². The summed E-state index contributed by atoms with van der Waals surface area (Å²) in [5.74, 6) is -0.462. The molecule has 2 bridgehead atoms. The third kappa shape index (κ3) is 5.57. The predicted molar refractivity (Wildman–Crippen MR) is 137 cm³/mol. The van der Waals surface area contributed by atoms with E-state index in [2.05, 4.69) is 9.97 Å². The van der Waals surface area contributed by atoms with Gasteiger partial charge in [-0.25, -0.2) is 27.6 Å². The van der Waals surface area contributed by atoms with Crippen molar-refractivity contribution in [2.24, 2.45) is 5.41 Å². The molecule has 2 aromatic rings. The lowest BCUT2D eigenvalue weighted by molar-refractivity contribution is 0.0201. The van der Waals surface area contributed by atoms with Crippen molar-refractivity contribution in [3.05, 3.63) is 35.9 Å². The van der Waals surface area contributed by atoms with Crippen molar-refractivity contribution in [3.8, 4) is 17.5 Å². The first-order valence-electron chi connectivity index (χ1n) is 13.1. The monoisotopic (exact) mass is 547 g/mol. The van der Waals surface area contributed by atoms with Crippen molar-refractivity contribution in [1.29, 1.82) is 0 Å². The summed E-state index contributed by atoms with van der Waals surface area (Å²) in [6.45, 7) is 8.17. The highest BCUT2D eigenvalue weighted by Gasteiger charge is 2.45. The van der Waals surface area contributed by atoms with Crippen LogP contribution in [0.3, 0.4) is 0 Å². The molecule has 2 atom stereocenters. The van der Waals surface area contributed by atoms with E-state index < -0.39 is 20.9 Å². The number of ether oxygens (including phenoxy) is 3. The van der Waals surface area contributed by atoms with E-state index in [1.165, 1.54) is 18.5 Å². The molecule has 5 rings (SSSR count). The molecule has 3 fully saturated rings. The summed E-state index contributed by atoms with van der Waals surface area (Å²) >= 11 is 0. The van der Waals surface area contributed by atoms with Crippen LogP contribution in [-0.2, 0) is 14.6 Å². The van der Waals surface area contributed by atoms with Crippen molar-refractivity contribution in [2.45, 2.75) is 94.6 Å². The number of piperidine rings is 1. The molecular weight excluding hydrogens is 513 g/mol. The Morgan fingerprint density at radius 3 is 2.34 bits per heavy atom. The van der Waals surface area contributed by atoms with Crippen LogP contribution in [0.4, 0.5) is 9.18 Å². The fraction of sp³-hybridized carbons (Fsp3) is 0.593. The Bertz CT molecular complexity index is 1310. The van der Waals surface area contributed by atoms with Crippen LogP contribution in [0.5, 0.6) is 17.5 Å². The zero-order valence-corrected chi connectivity index (χ0v) is 23.0. The summed E-state index contributed by atoms with van der Waals surface area (Å²) in [6.07, 6.45) is 5.20. The third-order valence-corrected chi connectivity index (χ3v) is 9.46. The molecule has 2 unspecified atom stereocenters. The molecule has 9 nitrogen and oxygen atoms in total. The fourth-order valence-electron chi connectivity index (χ4n) is 5.09. The molecule has 1 amide bonds. The Hall–Kier alpha value is -2.95. The molecule has 0 N–H and O–H groups in total. The van der Waals surface area contributed by atoms with E-state index in [-0.39, 0.29) is 46.2 Å². The second kappa shape index (κ2) is 9.98. The smallest absolute Gasteiger partial charge is 0.410 e. The highest BCUT2D eigenvalue weighted by Crippen LogP contribution is 2.39. The number of hydrogen-bond donors (Lipinski definition) is 0. The van der Waals surface area contributed by atoms with E-state index in [4.69, 9.17) is 14.2 Å². The summed E-state index contributed by atoms with van der Waals surface area (Å²) in [7, 11) is -3.51. The lowest BCUT2D eigenvalue weighted by Crippen LogP contribution is -2.49. The number of sulfone groups is 1. The van der Waals surface area contributed by atoms with Crippen molar-refractivity contribution < 1.29 is 31.8 Å². The highest BCUT2D eigenvalue weighted by atomic mass is 32.2. The van der Waals surface area contributed by atoms with E-state index >= 15 is 0 Å². The molecule has 206 valence electrons. The topological polar surface area (TPSA) is 108 Å². The number of amides is 1. The number of hydrogen-bond acceptors (Lipinski definition) is 8. The Kier molecular flexibility index (Phi) is 7.00. The van der Waals surface area contributed by atoms with Crippen molar-refractivity contribution in [2.75, 3.05) is 6.61 Å². The molecule has 38 heavy (non-hydrogen) atoms. The Morgan fingerprint density at radius 1 is 1.08 bits per heavy atom. The molecule has 0 radical (unpaired) electrons. The van der Waals surface area contributed by atoms with Crippen molar-refractivity contribution in [1.82, 2.24) is 14.9 Å². The van der Waals surface area contributed by atoms with Crippen LogP contribution in [0, 0.1) is 18.2 Å². The van der Waals surface area contributed by atoms with Gasteiger partial charge >= 0.3 is 6.09 Å². The summed E-state index contributed by atoms with van der Waals surface area (Å²) < 4.78 is 57.1. The molecule has 1 aromatic carbocycles. The first kappa shape index (κ1) is 26.6. The van der Waals surface area contributed by atoms with E-state index in [9.17, 15) is 17.6 Å². The average molecular weight is 548 g/mol. The molecular formula is C27H34FN3O6S. The van der Waals surface area contributed by atoms with Crippen LogP contribution in [0.2, 0.25) is 0 Å².